The lowest BCUT2D eigenvalue weighted by atomic mass is 10.00. The van der Waals surface area contributed by atoms with Crippen LogP contribution in [0.3, 0.4) is 0 Å². The van der Waals surface area contributed by atoms with Crippen LogP contribution in [0.4, 0.5) is 0 Å². The van der Waals surface area contributed by atoms with Crippen molar-refractivity contribution in [2.75, 3.05) is 24.6 Å². The molecule has 0 aromatic heterocycles. The quantitative estimate of drug-likeness (QED) is 0.312. The molecule has 0 heterocycles. The molecule has 150 valence electrons. The van der Waals surface area contributed by atoms with Gasteiger partial charge in [0.1, 0.15) is 0 Å². The predicted octanol–water partition coefficient (Wildman–Crippen LogP) is 3.55. The third kappa shape index (κ3) is 9.75. The Kier molecular flexibility index (Phi) is 12.1. The fourth-order valence-corrected chi connectivity index (χ4v) is 3.12. The zero-order valence-corrected chi connectivity index (χ0v) is 19.7. The van der Waals surface area contributed by atoms with Crippen LogP contribution >= 0.6 is 24.0 Å². The number of rotatable bonds is 9. The van der Waals surface area contributed by atoms with Crippen molar-refractivity contribution in [3.05, 3.63) is 35.4 Å². The molecule has 5 nitrogen and oxygen atoms in total. The van der Waals surface area contributed by atoms with Crippen molar-refractivity contribution in [1.29, 1.82) is 0 Å². The largest absolute Gasteiger partial charge is 0.357 e. The lowest BCUT2D eigenvalue weighted by molar-refractivity contribution is 0.597. The van der Waals surface area contributed by atoms with E-state index in [2.05, 4.69) is 60.7 Å². The van der Waals surface area contributed by atoms with Gasteiger partial charge in [-0.25, -0.2) is 8.42 Å². The van der Waals surface area contributed by atoms with Gasteiger partial charge in [-0.2, -0.15) is 0 Å². The van der Waals surface area contributed by atoms with E-state index >= 15 is 0 Å². The van der Waals surface area contributed by atoms with E-state index < -0.39 is 9.84 Å². The maximum Gasteiger partial charge on any atom is 0.191 e. The predicted molar refractivity (Wildman–Crippen MR) is 122 cm³/mol. The Labute approximate surface area is 176 Å². The molecule has 1 unspecified atom stereocenters. The summed E-state index contributed by atoms with van der Waals surface area (Å²) >= 11 is 0. The Morgan fingerprint density at radius 3 is 2.23 bits per heavy atom. The van der Waals surface area contributed by atoms with E-state index in [9.17, 15) is 8.42 Å². The van der Waals surface area contributed by atoms with Gasteiger partial charge in [0.25, 0.3) is 0 Å². The van der Waals surface area contributed by atoms with Crippen LogP contribution in [0.5, 0.6) is 0 Å². The molecular formula is C19H34IN3O2S. The number of sulfone groups is 1. The molecular weight excluding hydrogens is 461 g/mol. The summed E-state index contributed by atoms with van der Waals surface area (Å²) < 4.78 is 23.2. The molecule has 0 aliphatic rings. The van der Waals surface area contributed by atoms with Crippen molar-refractivity contribution < 1.29 is 8.42 Å². The maximum atomic E-state index is 11.6. The molecule has 0 bridgehead atoms. The molecule has 2 N–H and O–H groups in total. The first-order valence-electron chi connectivity index (χ1n) is 9.11. The summed E-state index contributed by atoms with van der Waals surface area (Å²) in [4.78, 5) is 4.38. The number of guanidine groups is 1. The standard InChI is InChI=1S/C19H33N3O2S.HI/c1-6-20-19(21-12-13-25(23,24)7-2)22-16(5)18-10-8-17(9-11-18)14-15(3)4;/h8-11,15-16H,6-7,12-14H2,1-5H3,(H2,20,21,22);1H. The normalized spacial score (nSPS) is 13.2. The highest BCUT2D eigenvalue weighted by molar-refractivity contribution is 14.0. The number of nitrogens with zero attached hydrogens (tertiary/aromatic N) is 1. The van der Waals surface area contributed by atoms with Crippen LogP contribution in [0, 0.1) is 5.92 Å². The molecule has 1 rings (SSSR count). The fourth-order valence-electron chi connectivity index (χ4n) is 2.46. The summed E-state index contributed by atoms with van der Waals surface area (Å²) in [7, 11) is -2.99. The molecule has 1 atom stereocenters. The van der Waals surface area contributed by atoms with E-state index in [-0.39, 0.29) is 48.1 Å². The van der Waals surface area contributed by atoms with Crippen LogP contribution < -0.4 is 10.6 Å². The van der Waals surface area contributed by atoms with Gasteiger partial charge in [0.15, 0.2) is 15.8 Å². The SMILES string of the molecule is CCNC(=NCCS(=O)(=O)CC)NC(C)c1ccc(CC(C)C)cc1.I. The van der Waals surface area contributed by atoms with Gasteiger partial charge < -0.3 is 10.6 Å². The van der Waals surface area contributed by atoms with Crippen LogP contribution in [-0.4, -0.2) is 39.0 Å². The third-order valence-electron chi connectivity index (χ3n) is 3.93. The minimum atomic E-state index is -2.99. The second-order valence-electron chi connectivity index (χ2n) is 6.70. The molecule has 0 fully saturated rings. The topological polar surface area (TPSA) is 70.6 Å². The van der Waals surface area contributed by atoms with Crippen molar-refractivity contribution in [3.63, 3.8) is 0 Å². The molecule has 0 saturated carbocycles. The van der Waals surface area contributed by atoms with Gasteiger partial charge >= 0.3 is 0 Å². The van der Waals surface area contributed by atoms with Crippen molar-refractivity contribution in [2.45, 2.75) is 47.1 Å². The Balaban J connectivity index is 0.00000625. The molecule has 0 amide bonds. The average molecular weight is 495 g/mol. The summed E-state index contributed by atoms with van der Waals surface area (Å²) in [6, 6.07) is 8.71. The van der Waals surface area contributed by atoms with E-state index in [1.165, 1.54) is 11.1 Å². The highest BCUT2D eigenvalue weighted by atomic mass is 127. The second kappa shape index (κ2) is 12.5. The van der Waals surface area contributed by atoms with E-state index in [0.29, 0.717) is 11.9 Å². The number of benzene rings is 1. The van der Waals surface area contributed by atoms with Crippen molar-refractivity contribution in [1.82, 2.24) is 10.6 Å². The maximum absolute atomic E-state index is 11.6. The summed E-state index contributed by atoms with van der Waals surface area (Å²) in [6.07, 6.45) is 1.08. The van der Waals surface area contributed by atoms with E-state index in [1.807, 2.05) is 6.92 Å². The van der Waals surface area contributed by atoms with Crippen LogP contribution in [0.2, 0.25) is 0 Å². The molecule has 0 aliphatic heterocycles. The first kappa shape index (κ1) is 25.2. The number of hydrogen-bond acceptors (Lipinski definition) is 3. The molecule has 7 heteroatoms. The van der Waals surface area contributed by atoms with Crippen LogP contribution in [0.25, 0.3) is 0 Å². The molecule has 1 aromatic carbocycles. The van der Waals surface area contributed by atoms with Gasteiger partial charge in [0.05, 0.1) is 18.3 Å². The van der Waals surface area contributed by atoms with E-state index in [4.69, 9.17) is 0 Å². The van der Waals surface area contributed by atoms with Crippen molar-refractivity contribution >= 4 is 39.8 Å². The highest BCUT2D eigenvalue weighted by Gasteiger charge is 2.10. The van der Waals surface area contributed by atoms with E-state index in [1.54, 1.807) is 6.92 Å². The summed E-state index contributed by atoms with van der Waals surface area (Å²) in [5, 5.41) is 6.51. The van der Waals surface area contributed by atoms with Crippen molar-refractivity contribution in [2.24, 2.45) is 10.9 Å². The van der Waals surface area contributed by atoms with Crippen LogP contribution in [0.15, 0.2) is 29.3 Å². The molecule has 1 aromatic rings. The Morgan fingerprint density at radius 1 is 1.12 bits per heavy atom. The van der Waals surface area contributed by atoms with Gasteiger partial charge in [0.2, 0.25) is 0 Å². The van der Waals surface area contributed by atoms with Gasteiger partial charge in [0, 0.05) is 12.3 Å². The van der Waals surface area contributed by atoms with Crippen LogP contribution in [-0.2, 0) is 16.3 Å². The molecule has 0 radical (unpaired) electrons. The fraction of sp³-hybridized carbons (Fsp3) is 0.632. The first-order chi connectivity index (χ1) is 11.8. The van der Waals surface area contributed by atoms with Gasteiger partial charge in [-0.15, -0.1) is 24.0 Å². The van der Waals surface area contributed by atoms with Gasteiger partial charge in [-0.3, -0.25) is 4.99 Å². The first-order valence-corrected chi connectivity index (χ1v) is 10.9. The van der Waals surface area contributed by atoms with E-state index in [0.717, 1.165) is 13.0 Å². The smallest absolute Gasteiger partial charge is 0.191 e. The third-order valence-corrected chi connectivity index (χ3v) is 5.62. The van der Waals surface area contributed by atoms with Crippen LogP contribution in [0.1, 0.15) is 51.8 Å². The lowest BCUT2D eigenvalue weighted by Crippen LogP contribution is -2.39. The Bertz CT molecular complexity index is 643. The zero-order valence-electron chi connectivity index (χ0n) is 16.6. The molecule has 0 spiro atoms. The molecule has 0 aliphatic carbocycles. The summed E-state index contributed by atoms with van der Waals surface area (Å²) in [5.41, 5.74) is 2.52. The van der Waals surface area contributed by atoms with Gasteiger partial charge in [-0.1, -0.05) is 45.0 Å². The number of aliphatic imine (C=N–C) groups is 1. The number of nitrogens with one attached hydrogen (secondary N) is 2. The van der Waals surface area contributed by atoms with Crippen molar-refractivity contribution in [3.8, 4) is 0 Å². The van der Waals surface area contributed by atoms with Gasteiger partial charge in [-0.05, 0) is 37.3 Å². The Morgan fingerprint density at radius 2 is 1.73 bits per heavy atom. The average Bonchev–Trinajstić information content (AvgIpc) is 2.55. The molecule has 0 saturated heterocycles. The Hall–Kier alpha value is -0.830. The second-order valence-corrected chi connectivity index (χ2v) is 9.18. The highest BCUT2D eigenvalue weighted by Crippen LogP contribution is 2.15. The monoisotopic (exact) mass is 495 g/mol. The summed E-state index contributed by atoms with van der Waals surface area (Å²) in [5.74, 6) is 1.53. The molecule has 26 heavy (non-hydrogen) atoms. The minimum absolute atomic E-state index is 0. The number of halogens is 1. The lowest BCUT2D eigenvalue weighted by Gasteiger charge is -2.18. The zero-order chi connectivity index (χ0) is 18.9. The minimum Gasteiger partial charge on any atom is -0.357 e. The summed E-state index contributed by atoms with van der Waals surface area (Å²) in [6.45, 7) is 11.2. The number of hydrogen-bond donors (Lipinski definition) is 2.